The van der Waals surface area contributed by atoms with Gasteiger partial charge in [-0.25, -0.2) is 4.39 Å². The van der Waals surface area contributed by atoms with Gasteiger partial charge in [-0.15, -0.1) is 11.6 Å². The van der Waals surface area contributed by atoms with Gasteiger partial charge in [0, 0.05) is 5.02 Å². The average Bonchev–Trinajstić information content (AvgIpc) is 2.22. The minimum atomic E-state index is -0.592. The lowest BCUT2D eigenvalue weighted by Gasteiger charge is -2.02. The Balaban J connectivity index is 2.81. The highest BCUT2D eigenvalue weighted by molar-refractivity contribution is 6.30. The Hall–Kier alpha value is -1.13. The van der Waals surface area contributed by atoms with Crippen LogP contribution in [0, 0.1) is 11.2 Å². The molecule has 1 N–H and O–H groups in total. The first-order chi connectivity index (χ1) is 7.15. The zero-order valence-corrected chi connectivity index (χ0v) is 9.02. The van der Waals surface area contributed by atoms with Gasteiger partial charge in [0.2, 0.25) is 0 Å². The van der Waals surface area contributed by atoms with Gasteiger partial charge >= 0.3 is 0 Å². The zero-order valence-electron chi connectivity index (χ0n) is 7.51. The third-order valence-corrected chi connectivity index (χ3v) is 1.83. The second-order valence-corrected chi connectivity index (χ2v) is 3.23. The Bertz CT molecular complexity index is 396. The number of hydrogen-bond acceptors (Lipinski definition) is 3. The van der Waals surface area contributed by atoms with Crippen molar-refractivity contribution in [2.75, 3.05) is 5.88 Å². The second kappa shape index (κ2) is 5.68. The number of alkyl halides is 1. The predicted octanol–water partition coefficient (Wildman–Crippen LogP) is 3.05. The maximum Gasteiger partial charge on any atom is 0.251 e. The van der Waals surface area contributed by atoms with Crippen molar-refractivity contribution in [1.82, 2.24) is 0 Å². The van der Waals surface area contributed by atoms with Crippen molar-refractivity contribution in [3.63, 3.8) is 0 Å². The van der Waals surface area contributed by atoms with E-state index >= 15 is 0 Å². The normalized spacial score (nSPS) is 10.6. The van der Waals surface area contributed by atoms with Gasteiger partial charge in [-0.1, -0.05) is 16.8 Å². The van der Waals surface area contributed by atoms with Crippen LogP contribution in [0.2, 0.25) is 5.02 Å². The van der Waals surface area contributed by atoms with Crippen LogP contribution in [0.3, 0.4) is 0 Å². The molecule has 1 aromatic carbocycles. The van der Waals surface area contributed by atoms with Crippen LogP contribution >= 0.6 is 23.2 Å². The summed E-state index contributed by atoms with van der Waals surface area (Å²) in [5.74, 6) is -0.854. The number of rotatable bonds is 3. The van der Waals surface area contributed by atoms with Gasteiger partial charge in [-0.3, -0.25) is 5.41 Å². The third kappa shape index (κ3) is 3.49. The van der Waals surface area contributed by atoms with Crippen molar-refractivity contribution >= 4 is 35.3 Å². The topological polar surface area (TPSA) is 45.4 Å². The Morgan fingerprint density at radius 1 is 1.60 bits per heavy atom. The van der Waals surface area contributed by atoms with Gasteiger partial charge in [-0.05, 0) is 18.2 Å². The monoisotopic (exact) mass is 248 g/mol. The average molecular weight is 249 g/mol. The second-order valence-electron chi connectivity index (χ2n) is 2.49. The first-order valence-corrected chi connectivity index (χ1v) is 4.85. The van der Waals surface area contributed by atoms with E-state index in [1.807, 2.05) is 0 Å². The molecule has 0 bridgehead atoms. The predicted molar refractivity (Wildman–Crippen MR) is 58.5 cm³/mol. The molecule has 0 amide bonds. The molecule has 0 aliphatic rings. The van der Waals surface area contributed by atoms with Gasteiger partial charge in [0.05, 0.1) is 17.7 Å². The van der Waals surface area contributed by atoms with E-state index in [0.717, 1.165) is 6.07 Å². The molecule has 3 nitrogen and oxygen atoms in total. The zero-order chi connectivity index (χ0) is 11.3. The molecule has 15 heavy (non-hydrogen) atoms. The lowest BCUT2D eigenvalue weighted by molar-refractivity contribution is 0.327. The molecular weight excluding hydrogens is 242 g/mol. The van der Waals surface area contributed by atoms with Crippen LogP contribution in [0.4, 0.5) is 4.39 Å². The molecule has 0 atom stereocenters. The van der Waals surface area contributed by atoms with Crippen LogP contribution in [0.5, 0.6) is 0 Å². The van der Waals surface area contributed by atoms with E-state index in [0.29, 0.717) is 5.02 Å². The standard InChI is InChI=1S/C9H7Cl2FN2O/c10-3-4-14-15-9(13)7-5-6(11)1-2-8(7)12/h1-2,4-5,13H,3H2/b13-9?,14-4+. The third-order valence-electron chi connectivity index (χ3n) is 1.46. The fraction of sp³-hybridized carbons (Fsp3) is 0.111. The van der Waals surface area contributed by atoms with E-state index in [4.69, 9.17) is 28.6 Å². The Kier molecular flexibility index (Phi) is 4.52. The molecule has 0 unspecified atom stereocenters. The Morgan fingerprint density at radius 2 is 2.33 bits per heavy atom. The number of benzene rings is 1. The van der Waals surface area contributed by atoms with E-state index in [1.54, 1.807) is 0 Å². The molecule has 0 aliphatic heterocycles. The lowest BCUT2D eigenvalue weighted by atomic mass is 10.2. The highest BCUT2D eigenvalue weighted by Gasteiger charge is 2.09. The molecule has 0 radical (unpaired) electrons. The lowest BCUT2D eigenvalue weighted by Crippen LogP contribution is -2.04. The molecule has 1 rings (SSSR count). The van der Waals surface area contributed by atoms with Crippen molar-refractivity contribution in [1.29, 1.82) is 5.41 Å². The highest BCUT2D eigenvalue weighted by Crippen LogP contribution is 2.15. The number of nitrogens with zero attached hydrogens (tertiary/aromatic N) is 1. The maximum atomic E-state index is 13.2. The summed E-state index contributed by atoms with van der Waals surface area (Å²) < 4.78 is 13.2. The van der Waals surface area contributed by atoms with Crippen LogP contribution in [0.25, 0.3) is 0 Å². The van der Waals surface area contributed by atoms with Gasteiger partial charge in [0.15, 0.2) is 0 Å². The van der Waals surface area contributed by atoms with E-state index in [2.05, 4.69) is 9.99 Å². The quantitative estimate of drug-likeness (QED) is 0.380. The first kappa shape index (κ1) is 11.9. The van der Waals surface area contributed by atoms with Crippen molar-refractivity contribution in [2.45, 2.75) is 0 Å². The largest absolute Gasteiger partial charge is 0.337 e. The molecule has 0 aromatic heterocycles. The summed E-state index contributed by atoms with van der Waals surface area (Å²) in [6.45, 7) is 0. The fourth-order valence-corrected chi connectivity index (χ4v) is 1.07. The minimum Gasteiger partial charge on any atom is -0.337 e. The number of halogens is 3. The van der Waals surface area contributed by atoms with Crippen molar-refractivity contribution < 1.29 is 9.23 Å². The van der Waals surface area contributed by atoms with Crippen molar-refractivity contribution in [2.24, 2.45) is 5.16 Å². The molecule has 0 saturated carbocycles. The minimum absolute atomic E-state index is 0.0470. The number of oxime groups is 1. The molecule has 0 spiro atoms. The smallest absolute Gasteiger partial charge is 0.251 e. The van der Waals surface area contributed by atoms with E-state index in [-0.39, 0.29) is 11.4 Å². The summed E-state index contributed by atoms with van der Waals surface area (Å²) in [6.07, 6.45) is 1.25. The van der Waals surface area contributed by atoms with Gasteiger partial charge in [-0.2, -0.15) is 0 Å². The molecule has 6 heteroatoms. The molecule has 0 fully saturated rings. The maximum absolute atomic E-state index is 13.2. The van der Waals surface area contributed by atoms with Crippen LogP contribution < -0.4 is 0 Å². The van der Waals surface area contributed by atoms with Crippen molar-refractivity contribution in [3.05, 3.63) is 34.6 Å². The summed E-state index contributed by atoms with van der Waals surface area (Å²) in [5, 5.41) is 11.0. The number of hydrogen-bond donors (Lipinski definition) is 1. The Labute approximate surface area is 95.9 Å². The molecule has 0 saturated heterocycles. The molecule has 0 heterocycles. The summed E-state index contributed by atoms with van der Waals surface area (Å²) in [4.78, 5) is 4.57. The summed E-state index contributed by atoms with van der Waals surface area (Å²) >= 11 is 10.9. The van der Waals surface area contributed by atoms with E-state index in [1.165, 1.54) is 18.3 Å². The summed E-state index contributed by atoms with van der Waals surface area (Å²) in [7, 11) is 0. The molecule has 1 aromatic rings. The van der Waals surface area contributed by atoms with Crippen LogP contribution in [-0.2, 0) is 4.84 Å². The Morgan fingerprint density at radius 3 is 3.00 bits per heavy atom. The van der Waals surface area contributed by atoms with Gasteiger partial charge in [0.1, 0.15) is 5.82 Å². The first-order valence-electron chi connectivity index (χ1n) is 3.94. The van der Waals surface area contributed by atoms with Crippen molar-refractivity contribution in [3.8, 4) is 0 Å². The SMILES string of the molecule is N=C(O/N=C/CCl)c1cc(Cl)ccc1F. The van der Waals surface area contributed by atoms with Gasteiger partial charge in [0.25, 0.3) is 5.90 Å². The highest BCUT2D eigenvalue weighted by atomic mass is 35.5. The van der Waals surface area contributed by atoms with Crippen LogP contribution in [0.15, 0.2) is 23.4 Å². The van der Waals surface area contributed by atoms with Gasteiger partial charge < -0.3 is 4.84 Å². The number of nitrogens with one attached hydrogen (secondary N) is 1. The van der Waals surface area contributed by atoms with Crippen LogP contribution in [-0.4, -0.2) is 18.0 Å². The summed E-state index contributed by atoms with van der Waals surface area (Å²) in [5.41, 5.74) is -0.0470. The van der Waals surface area contributed by atoms with E-state index < -0.39 is 11.7 Å². The molecule has 0 aliphatic carbocycles. The summed E-state index contributed by atoms with van der Waals surface area (Å²) in [6, 6.07) is 3.83. The van der Waals surface area contributed by atoms with Crippen LogP contribution in [0.1, 0.15) is 5.56 Å². The molecule has 80 valence electrons. The van der Waals surface area contributed by atoms with E-state index in [9.17, 15) is 4.39 Å². The fourth-order valence-electron chi connectivity index (χ4n) is 0.839. The molecular formula is C9H7Cl2FN2O.